The highest BCUT2D eigenvalue weighted by atomic mass is 32.2. The zero-order valence-electron chi connectivity index (χ0n) is 14.1. The van der Waals surface area contributed by atoms with Crippen LogP contribution in [-0.4, -0.2) is 23.2 Å². The van der Waals surface area contributed by atoms with E-state index in [2.05, 4.69) is 5.32 Å². The van der Waals surface area contributed by atoms with Crippen molar-refractivity contribution in [1.82, 2.24) is 5.32 Å². The van der Waals surface area contributed by atoms with Crippen LogP contribution < -0.4 is 10.1 Å². The first-order valence-corrected chi connectivity index (χ1v) is 8.87. The summed E-state index contributed by atoms with van der Waals surface area (Å²) < 4.78 is 5.47. The number of non-ortho nitro benzene ring substituents is 1. The minimum absolute atomic E-state index is 0.0385. The van der Waals surface area contributed by atoms with Crippen LogP contribution in [0.4, 0.5) is 5.69 Å². The lowest BCUT2D eigenvalue weighted by Crippen LogP contribution is -2.28. The van der Waals surface area contributed by atoms with Crippen LogP contribution in [0.25, 0.3) is 0 Å². The molecule has 0 fully saturated rings. The van der Waals surface area contributed by atoms with Crippen molar-refractivity contribution in [3.8, 4) is 5.75 Å². The van der Waals surface area contributed by atoms with Crippen LogP contribution in [0, 0.1) is 10.1 Å². The monoisotopic (exact) mass is 360 g/mol. The maximum atomic E-state index is 12.1. The van der Waals surface area contributed by atoms with Crippen molar-refractivity contribution in [3.63, 3.8) is 0 Å². The van der Waals surface area contributed by atoms with Crippen LogP contribution in [0.15, 0.2) is 53.4 Å². The number of hydrogen-bond acceptors (Lipinski definition) is 5. The summed E-state index contributed by atoms with van der Waals surface area (Å²) in [6, 6.07) is 13.7. The number of benzene rings is 2. The van der Waals surface area contributed by atoms with E-state index in [1.54, 1.807) is 12.1 Å². The number of ether oxygens (including phenoxy) is 1. The van der Waals surface area contributed by atoms with E-state index in [0.717, 1.165) is 16.2 Å². The SMILES string of the molecule is CCOc1cccc(C(C)NC(=O)CSc2ccc([N+](=O)[O-])cc2)c1. The second-order valence-corrected chi connectivity index (χ2v) is 6.38. The molecule has 0 saturated carbocycles. The van der Waals surface area contributed by atoms with Crippen LogP contribution >= 0.6 is 11.8 Å². The molecule has 0 aromatic heterocycles. The van der Waals surface area contributed by atoms with E-state index in [1.165, 1.54) is 23.9 Å². The van der Waals surface area contributed by atoms with Gasteiger partial charge in [0, 0.05) is 17.0 Å². The number of hydrogen-bond donors (Lipinski definition) is 1. The molecule has 1 N–H and O–H groups in total. The zero-order chi connectivity index (χ0) is 18.2. The van der Waals surface area contributed by atoms with Gasteiger partial charge in [0.15, 0.2) is 0 Å². The lowest BCUT2D eigenvalue weighted by molar-refractivity contribution is -0.384. The molecule has 25 heavy (non-hydrogen) atoms. The van der Waals surface area contributed by atoms with E-state index < -0.39 is 4.92 Å². The number of nitro groups is 1. The molecule has 7 heteroatoms. The Bertz CT molecular complexity index is 734. The maximum Gasteiger partial charge on any atom is 0.269 e. The molecular weight excluding hydrogens is 340 g/mol. The molecule has 0 bridgehead atoms. The predicted molar refractivity (Wildman–Crippen MR) is 98.0 cm³/mol. The van der Waals surface area contributed by atoms with E-state index >= 15 is 0 Å². The van der Waals surface area contributed by atoms with Gasteiger partial charge >= 0.3 is 0 Å². The van der Waals surface area contributed by atoms with Crippen molar-refractivity contribution in [2.24, 2.45) is 0 Å². The Kier molecular flexibility index (Phi) is 6.82. The fourth-order valence-corrected chi connectivity index (χ4v) is 2.93. The third-order valence-electron chi connectivity index (χ3n) is 3.46. The molecule has 2 rings (SSSR count). The van der Waals surface area contributed by atoms with Gasteiger partial charge in [0.25, 0.3) is 5.69 Å². The number of rotatable bonds is 8. The summed E-state index contributed by atoms with van der Waals surface area (Å²) >= 11 is 1.34. The van der Waals surface area contributed by atoms with Crippen LogP contribution in [0.3, 0.4) is 0 Å². The van der Waals surface area contributed by atoms with Crippen LogP contribution in [0.5, 0.6) is 5.75 Å². The summed E-state index contributed by atoms with van der Waals surface area (Å²) in [5.41, 5.74) is 1.01. The Morgan fingerprint density at radius 2 is 2.00 bits per heavy atom. The molecule has 0 saturated heterocycles. The molecule has 0 aliphatic carbocycles. The molecule has 0 aliphatic heterocycles. The fraction of sp³-hybridized carbons (Fsp3) is 0.278. The van der Waals surface area contributed by atoms with E-state index in [1.807, 2.05) is 38.1 Å². The standard InChI is InChI=1S/C18H20N2O4S/c1-3-24-16-6-4-5-14(11-16)13(2)19-18(21)12-25-17-9-7-15(8-10-17)20(22)23/h4-11,13H,3,12H2,1-2H3,(H,19,21). The van der Waals surface area contributed by atoms with E-state index in [9.17, 15) is 14.9 Å². The Morgan fingerprint density at radius 3 is 2.64 bits per heavy atom. The summed E-state index contributed by atoms with van der Waals surface area (Å²) in [7, 11) is 0. The Morgan fingerprint density at radius 1 is 1.28 bits per heavy atom. The second kappa shape index (κ2) is 9.08. The smallest absolute Gasteiger partial charge is 0.269 e. The summed E-state index contributed by atoms with van der Waals surface area (Å²) in [5.74, 6) is 0.923. The number of carbonyl (C=O) groups is 1. The normalized spacial score (nSPS) is 11.6. The van der Waals surface area contributed by atoms with Crippen molar-refractivity contribution in [2.75, 3.05) is 12.4 Å². The summed E-state index contributed by atoms with van der Waals surface area (Å²) in [4.78, 5) is 23.1. The molecule has 2 aromatic rings. The number of nitrogens with one attached hydrogen (secondary N) is 1. The van der Waals surface area contributed by atoms with E-state index in [0.29, 0.717) is 6.61 Å². The number of nitro benzene ring substituents is 1. The molecule has 1 amide bonds. The van der Waals surface area contributed by atoms with Crippen LogP contribution in [0.1, 0.15) is 25.5 Å². The topological polar surface area (TPSA) is 81.5 Å². The molecule has 0 heterocycles. The summed E-state index contributed by atoms with van der Waals surface area (Å²) in [5, 5.41) is 13.6. The Labute approximate surface area is 150 Å². The van der Waals surface area contributed by atoms with Crippen molar-refractivity contribution < 1.29 is 14.5 Å². The zero-order valence-corrected chi connectivity index (χ0v) is 14.9. The van der Waals surface area contributed by atoms with Gasteiger partial charge in [-0.3, -0.25) is 14.9 Å². The van der Waals surface area contributed by atoms with E-state index in [4.69, 9.17) is 4.74 Å². The van der Waals surface area contributed by atoms with Gasteiger partial charge in [0.05, 0.1) is 23.3 Å². The van der Waals surface area contributed by atoms with Gasteiger partial charge in [-0.15, -0.1) is 11.8 Å². The Hall–Kier alpha value is -2.54. The van der Waals surface area contributed by atoms with Crippen molar-refractivity contribution >= 4 is 23.4 Å². The first-order chi connectivity index (χ1) is 12.0. The molecule has 132 valence electrons. The highest BCUT2D eigenvalue weighted by Crippen LogP contribution is 2.22. The highest BCUT2D eigenvalue weighted by molar-refractivity contribution is 8.00. The van der Waals surface area contributed by atoms with Crippen molar-refractivity contribution in [3.05, 3.63) is 64.2 Å². The van der Waals surface area contributed by atoms with Gasteiger partial charge < -0.3 is 10.1 Å². The third-order valence-corrected chi connectivity index (χ3v) is 4.48. The summed E-state index contributed by atoms with van der Waals surface area (Å²) in [6.07, 6.45) is 0. The molecule has 1 unspecified atom stereocenters. The van der Waals surface area contributed by atoms with Gasteiger partial charge in [-0.2, -0.15) is 0 Å². The first kappa shape index (κ1) is 18.8. The fourth-order valence-electron chi connectivity index (χ4n) is 2.22. The summed E-state index contributed by atoms with van der Waals surface area (Å²) in [6.45, 7) is 4.43. The molecule has 0 radical (unpaired) electrons. The molecular formula is C18H20N2O4S. The Balaban J connectivity index is 1.87. The molecule has 6 nitrogen and oxygen atoms in total. The van der Waals surface area contributed by atoms with Crippen molar-refractivity contribution in [2.45, 2.75) is 24.8 Å². The lowest BCUT2D eigenvalue weighted by Gasteiger charge is -2.15. The van der Waals surface area contributed by atoms with E-state index in [-0.39, 0.29) is 23.4 Å². The number of nitrogens with zero attached hydrogens (tertiary/aromatic N) is 1. The second-order valence-electron chi connectivity index (χ2n) is 5.33. The minimum Gasteiger partial charge on any atom is -0.494 e. The lowest BCUT2D eigenvalue weighted by atomic mass is 10.1. The van der Waals surface area contributed by atoms with Gasteiger partial charge in [-0.05, 0) is 43.7 Å². The van der Waals surface area contributed by atoms with Gasteiger partial charge in [0.2, 0.25) is 5.91 Å². The van der Waals surface area contributed by atoms with Crippen LogP contribution in [-0.2, 0) is 4.79 Å². The van der Waals surface area contributed by atoms with Crippen LogP contribution in [0.2, 0.25) is 0 Å². The van der Waals surface area contributed by atoms with Gasteiger partial charge in [-0.1, -0.05) is 12.1 Å². The minimum atomic E-state index is -0.445. The maximum absolute atomic E-state index is 12.1. The average Bonchev–Trinajstić information content (AvgIpc) is 2.61. The number of amides is 1. The largest absolute Gasteiger partial charge is 0.494 e. The highest BCUT2D eigenvalue weighted by Gasteiger charge is 2.11. The first-order valence-electron chi connectivity index (χ1n) is 7.89. The molecule has 2 aromatic carbocycles. The van der Waals surface area contributed by atoms with Gasteiger partial charge in [0.1, 0.15) is 5.75 Å². The molecule has 0 spiro atoms. The molecule has 0 aliphatic rings. The quantitative estimate of drug-likeness (QED) is 0.438. The molecule has 1 atom stereocenters. The number of thioether (sulfide) groups is 1. The predicted octanol–water partition coefficient (Wildman–Crippen LogP) is 3.96. The third kappa shape index (κ3) is 5.79. The van der Waals surface area contributed by atoms with Gasteiger partial charge in [-0.25, -0.2) is 0 Å². The van der Waals surface area contributed by atoms with Crippen molar-refractivity contribution in [1.29, 1.82) is 0 Å². The average molecular weight is 360 g/mol. The number of carbonyl (C=O) groups excluding carboxylic acids is 1.